The van der Waals surface area contributed by atoms with Crippen molar-refractivity contribution in [3.05, 3.63) is 63.2 Å². The molecule has 0 aliphatic carbocycles. The monoisotopic (exact) mass is 397 g/mol. The van der Waals surface area contributed by atoms with Crippen molar-refractivity contribution in [2.45, 2.75) is 38.2 Å². The number of nitrogens with zero attached hydrogens (tertiary/aromatic N) is 3. The van der Waals surface area contributed by atoms with Crippen molar-refractivity contribution in [2.75, 3.05) is 0 Å². The highest BCUT2D eigenvalue weighted by Crippen LogP contribution is 2.30. The van der Waals surface area contributed by atoms with Gasteiger partial charge in [0, 0.05) is 17.0 Å². The maximum atomic E-state index is 12.9. The first-order valence-electron chi connectivity index (χ1n) is 8.72. The minimum Gasteiger partial charge on any atom is -0.440 e. The third-order valence-corrected chi connectivity index (χ3v) is 6.57. The summed E-state index contributed by atoms with van der Waals surface area (Å²) in [5.74, 6) is 1.88. The third kappa shape index (κ3) is 3.33. The smallest absolute Gasteiger partial charge is 0.263 e. The van der Waals surface area contributed by atoms with Gasteiger partial charge in [-0.3, -0.25) is 9.36 Å². The molecule has 3 aromatic heterocycles. The summed E-state index contributed by atoms with van der Waals surface area (Å²) in [5.41, 5.74) is 2.06. The number of hydrogen-bond acceptors (Lipinski definition) is 6. The van der Waals surface area contributed by atoms with Gasteiger partial charge in [0.25, 0.3) is 5.56 Å². The zero-order valence-electron chi connectivity index (χ0n) is 15.4. The number of hydrogen-bond donors (Lipinski definition) is 0. The Labute approximate surface area is 165 Å². The Hall–Kier alpha value is -2.38. The molecule has 0 saturated heterocycles. The largest absolute Gasteiger partial charge is 0.440 e. The highest BCUT2D eigenvalue weighted by atomic mass is 32.2. The molecule has 5 nitrogen and oxygen atoms in total. The van der Waals surface area contributed by atoms with Gasteiger partial charge in [-0.1, -0.05) is 42.1 Å². The summed E-state index contributed by atoms with van der Waals surface area (Å²) in [6.07, 6.45) is 1.74. The topological polar surface area (TPSA) is 60.9 Å². The van der Waals surface area contributed by atoms with Crippen LogP contribution in [-0.4, -0.2) is 14.5 Å². The van der Waals surface area contributed by atoms with Crippen LogP contribution in [0.15, 0.2) is 50.9 Å². The molecule has 0 radical (unpaired) electrons. The molecular weight excluding hydrogens is 378 g/mol. The molecule has 0 atom stereocenters. The number of fused-ring (bicyclic) bond motifs is 1. The average molecular weight is 398 g/mol. The minimum absolute atomic E-state index is 0.0317. The predicted molar refractivity (Wildman–Crippen MR) is 111 cm³/mol. The van der Waals surface area contributed by atoms with Crippen molar-refractivity contribution in [3.63, 3.8) is 0 Å². The van der Waals surface area contributed by atoms with Crippen molar-refractivity contribution in [3.8, 4) is 11.3 Å². The normalized spacial score (nSPS) is 11.4. The van der Waals surface area contributed by atoms with Gasteiger partial charge in [0.2, 0.25) is 5.89 Å². The molecule has 0 unspecified atom stereocenters. The zero-order chi connectivity index (χ0) is 19.0. The predicted octanol–water partition coefficient (Wildman–Crippen LogP) is 5.04. The molecule has 27 heavy (non-hydrogen) atoms. The highest BCUT2D eigenvalue weighted by molar-refractivity contribution is 7.98. The second-order valence-electron chi connectivity index (χ2n) is 6.18. The Balaban J connectivity index is 1.63. The van der Waals surface area contributed by atoms with E-state index >= 15 is 0 Å². The first kappa shape index (κ1) is 18.0. The molecule has 0 fully saturated rings. The van der Waals surface area contributed by atoms with Crippen molar-refractivity contribution < 1.29 is 4.42 Å². The Morgan fingerprint density at radius 1 is 1.22 bits per heavy atom. The first-order chi connectivity index (χ1) is 13.1. The van der Waals surface area contributed by atoms with E-state index < -0.39 is 0 Å². The number of oxazole rings is 1. The van der Waals surface area contributed by atoms with E-state index in [4.69, 9.17) is 9.40 Å². The van der Waals surface area contributed by atoms with Crippen LogP contribution in [0.5, 0.6) is 0 Å². The second-order valence-corrected chi connectivity index (χ2v) is 8.33. The van der Waals surface area contributed by atoms with E-state index in [-0.39, 0.29) is 5.56 Å². The summed E-state index contributed by atoms with van der Waals surface area (Å²) in [7, 11) is 0. The molecule has 0 aliphatic rings. The Morgan fingerprint density at radius 2 is 2.00 bits per heavy atom. The number of thiophene rings is 1. The van der Waals surface area contributed by atoms with Crippen LogP contribution in [0.3, 0.4) is 0 Å². The molecular formula is C20H19N3O2S2. The fourth-order valence-electron chi connectivity index (χ4n) is 2.94. The van der Waals surface area contributed by atoms with Gasteiger partial charge in [-0.25, -0.2) is 9.97 Å². The molecule has 7 heteroatoms. The summed E-state index contributed by atoms with van der Waals surface area (Å²) < 4.78 is 7.59. The Morgan fingerprint density at radius 3 is 2.74 bits per heavy atom. The number of thioether (sulfide) groups is 1. The van der Waals surface area contributed by atoms with E-state index in [9.17, 15) is 4.79 Å². The van der Waals surface area contributed by atoms with E-state index in [1.165, 1.54) is 11.8 Å². The van der Waals surface area contributed by atoms with Gasteiger partial charge in [-0.15, -0.1) is 11.3 Å². The molecule has 0 aliphatic heterocycles. The standard InChI is InChI=1S/C20H19N3O2S2/c1-4-23-19(24)17-12(2)13(3)27-18(17)22-20(23)26-11-16-21-10-15(25-16)14-8-6-5-7-9-14/h5-10H,4,11H2,1-3H3. The van der Waals surface area contributed by atoms with E-state index in [1.807, 2.05) is 51.1 Å². The van der Waals surface area contributed by atoms with E-state index in [2.05, 4.69) is 4.98 Å². The number of aromatic nitrogens is 3. The maximum Gasteiger partial charge on any atom is 0.263 e. The second kappa shape index (κ2) is 7.32. The van der Waals surface area contributed by atoms with Crippen LogP contribution >= 0.6 is 23.1 Å². The number of benzene rings is 1. The summed E-state index contributed by atoms with van der Waals surface area (Å²) in [6.45, 7) is 6.56. The molecule has 138 valence electrons. The Bertz CT molecular complexity index is 1160. The van der Waals surface area contributed by atoms with Crippen LogP contribution in [0.25, 0.3) is 21.5 Å². The molecule has 0 N–H and O–H groups in total. The summed E-state index contributed by atoms with van der Waals surface area (Å²) in [5, 5.41) is 1.45. The molecule has 0 saturated carbocycles. The lowest BCUT2D eigenvalue weighted by atomic mass is 10.2. The summed E-state index contributed by atoms with van der Waals surface area (Å²) >= 11 is 3.05. The van der Waals surface area contributed by atoms with E-state index in [0.29, 0.717) is 23.3 Å². The fraction of sp³-hybridized carbons (Fsp3) is 0.250. The fourth-order valence-corrected chi connectivity index (χ4v) is 4.92. The molecule has 0 bridgehead atoms. The lowest BCUT2D eigenvalue weighted by molar-refractivity contribution is 0.529. The molecule has 3 heterocycles. The van der Waals surface area contributed by atoms with Crippen LogP contribution in [0.2, 0.25) is 0 Å². The van der Waals surface area contributed by atoms with Crippen LogP contribution in [0.4, 0.5) is 0 Å². The van der Waals surface area contributed by atoms with Crippen LogP contribution in [-0.2, 0) is 12.3 Å². The first-order valence-corrected chi connectivity index (χ1v) is 10.5. The van der Waals surface area contributed by atoms with Gasteiger partial charge in [-0.05, 0) is 26.3 Å². The van der Waals surface area contributed by atoms with Crippen LogP contribution in [0, 0.1) is 13.8 Å². The van der Waals surface area contributed by atoms with Crippen molar-refractivity contribution in [1.29, 1.82) is 0 Å². The van der Waals surface area contributed by atoms with Crippen molar-refractivity contribution in [2.24, 2.45) is 0 Å². The quantitative estimate of drug-likeness (QED) is 0.349. The minimum atomic E-state index is 0.0317. The van der Waals surface area contributed by atoms with Gasteiger partial charge in [0.1, 0.15) is 4.83 Å². The lowest BCUT2D eigenvalue weighted by Crippen LogP contribution is -2.22. The van der Waals surface area contributed by atoms with E-state index in [1.54, 1.807) is 22.1 Å². The van der Waals surface area contributed by atoms with Gasteiger partial charge in [0.05, 0.1) is 17.3 Å². The van der Waals surface area contributed by atoms with Gasteiger partial charge in [-0.2, -0.15) is 0 Å². The van der Waals surface area contributed by atoms with Crippen molar-refractivity contribution >= 4 is 33.3 Å². The zero-order valence-corrected chi connectivity index (χ0v) is 17.0. The molecule has 4 aromatic rings. The summed E-state index contributed by atoms with van der Waals surface area (Å²) in [6, 6.07) is 9.88. The number of rotatable bonds is 5. The van der Waals surface area contributed by atoms with Crippen LogP contribution < -0.4 is 5.56 Å². The van der Waals surface area contributed by atoms with Crippen molar-refractivity contribution in [1.82, 2.24) is 14.5 Å². The summed E-state index contributed by atoms with van der Waals surface area (Å²) in [4.78, 5) is 23.9. The maximum absolute atomic E-state index is 12.9. The Kier molecular flexibility index (Phi) is 4.88. The van der Waals surface area contributed by atoms with E-state index in [0.717, 1.165) is 32.0 Å². The molecule has 0 amide bonds. The van der Waals surface area contributed by atoms with Crippen LogP contribution in [0.1, 0.15) is 23.3 Å². The van der Waals surface area contributed by atoms with Gasteiger partial charge in [0.15, 0.2) is 10.9 Å². The average Bonchev–Trinajstić information content (AvgIpc) is 3.26. The highest BCUT2D eigenvalue weighted by Gasteiger charge is 2.17. The molecule has 1 aromatic carbocycles. The van der Waals surface area contributed by atoms with Gasteiger partial charge >= 0.3 is 0 Å². The molecule has 4 rings (SSSR count). The SMILES string of the molecule is CCn1c(SCc2ncc(-c3ccccc3)o2)nc2sc(C)c(C)c2c1=O. The molecule has 0 spiro atoms. The number of aryl methyl sites for hydroxylation is 2. The van der Waals surface area contributed by atoms with Gasteiger partial charge < -0.3 is 4.42 Å². The lowest BCUT2D eigenvalue weighted by Gasteiger charge is -2.09. The third-order valence-electron chi connectivity index (χ3n) is 4.51.